The van der Waals surface area contributed by atoms with Crippen molar-refractivity contribution in [2.24, 2.45) is 5.73 Å². The van der Waals surface area contributed by atoms with Crippen LogP contribution in [0.1, 0.15) is 19.3 Å². The Hall–Kier alpha value is 0.270. The Labute approximate surface area is 67.3 Å². The molecule has 0 aromatic heterocycles. The quantitative estimate of drug-likeness (QED) is 0.626. The van der Waals surface area contributed by atoms with Gasteiger partial charge in [-0.15, -0.1) is 0 Å². The summed E-state index contributed by atoms with van der Waals surface area (Å²) in [6.07, 6.45) is 4.16. The van der Waals surface area contributed by atoms with Gasteiger partial charge in [-0.2, -0.15) is 0 Å². The summed E-state index contributed by atoms with van der Waals surface area (Å²) < 4.78 is 2.44. The van der Waals surface area contributed by atoms with E-state index in [1.165, 1.54) is 32.4 Å². The van der Waals surface area contributed by atoms with Gasteiger partial charge in [0.25, 0.3) is 0 Å². The lowest BCUT2D eigenvalue weighted by molar-refractivity contribution is 0.380. The Morgan fingerprint density at radius 1 is 1.20 bits per heavy atom. The van der Waals surface area contributed by atoms with Crippen LogP contribution in [0.25, 0.3) is 0 Å². The van der Waals surface area contributed by atoms with Gasteiger partial charge < -0.3 is 5.73 Å². The second-order valence-corrected chi connectivity index (χ2v) is 3.79. The summed E-state index contributed by atoms with van der Waals surface area (Å²) in [5.74, 6) is 1.08. The third-order valence-electron chi connectivity index (χ3n) is 1.71. The molecule has 0 saturated carbocycles. The monoisotopic (exact) mass is 160 g/mol. The first-order valence-corrected chi connectivity index (χ1v) is 4.95. The molecule has 1 aliphatic heterocycles. The molecule has 2 nitrogen and oxygen atoms in total. The minimum Gasteiger partial charge on any atom is -0.330 e. The van der Waals surface area contributed by atoms with E-state index in [-0.39, 0.29) is 0 Å². The standard InChI is InChI=1S/C7H16N2S/c8-4-7-10-9-5-2-1-3-6-9/h1-8H2. The molecule has 10 heavy (non-hydrogen) atoms. The van der Waals surface area contributed by atoms with E-state index in [1.54, 1.807) is 0 Å². The molecular weight excluding hydrogens is 144 g/mol. The Kier molecular flexibility index (Phi) is 4.18. The molecular formula is C7H16N2S. The van der Waals surface area contributed by atoms with Crippen LogP contribution in [0, 0.1) is 0 Å². The van der Waals surface area contributed by atoms with Gasteiger partial charge >= 0.3 is 0 Å². The molecule has 1 aliphatic rings. The minimum absolute atomic E-state index is 0.807. The van der Waals surface area contributed by atoms with Gasteiger partial charge in [-0.05, 0) is 12.8 Å². The van der Waals surface area contributed by atoms with Crippen molar-refractivity contribution in [1.29, 1.82) is 0 Å². The highest BCUT2D eigenvalue weighted by atomic mass is 32.2. The van der Waals surface area contributed by atoms with Crippen molar-refractivity contribution in [3.63, 3.8) is 0 Å². The molecule has 3 heteroatoms. The zero-order chi connectivity index (χ0) is 7.23. The van der Waals surface area contributed by atoms with Crippen LogP contribution in [0.5, 0.6) is 0 Å². The minimum atomic E-state index is 0.807. The number of nitrogens with zero attached hydrogens (tertiary/aromatic N) is 1. The summed E-state index contributed by atoms with van der Waals surface area (Å²) in [4.78, 5) is 0. The molecule has 0 aromatic rings. The number of rotatable bonds is 3. The first-order valence-electron chi connectivity index (χ1n) is 4.01. The molecule has 60 valence electrons. The van der Waals surface area contributed by atoms with Gasteiger partial charge in [-0.3, -0.25) is 4.31 Å². The van der Waals surface area contributed by atoms with E-state index >= 15 is 0 Å². The van der Waals surface area contributed by atoms with Crippen molar-refractivity contribution < 1.29 is 0 Å². The molecule has 0 unspecified atom stereocenters. The Morgan fingerprint density at radius 3 is 2.50 bits per heavy atom. The first kappa shape index (κ1) is 8.37. The van der Waals surface area contributed by atoms with Crippen LogP contribution in [0.15, 0.2) is 0 Å². The molecule has 0 radical (unpaired) electrons. The molecule has 0 spiro atoms. The molecule has 0 aliphatic carbocycles. The topological polar surface area (TPSA) is 29.3 Å². The average Bonchev–Trinajstić information content (AvgIpc) is 2.03. The van der Waals surface area contributed by atoms with Crippen molar-refractivity contribution >= 4 is 11.9 Å². The number of nitrogens with two attached hydrogens (primary N) is 1. The number of hydrogen-bond acceptors (Lipinski definition) is 3. The van der Waals surface area contributed by atoms with E-state index in [0.29, 0.717) is 0 Å². The van der Waals surface area contributed by atoms with Gasteiger partial charge in [0.2, 0.25) is 0 Å². The van der Waals surface area contributed by atoms with Gasteiger partial charge in [0.05, 0.1) is 0 Å². The summed E-state index contributed by atoms with van der Waals surface area (Å²) in [7, 11) is 0. The highest BCUT2D eigenvalue weighted by Gasteiger charge is 2.08. The SMILES string of the molecule is NCCSN1CCCCC1. The third kappa shape index (κ3) is 2.90. The van der Waals surface area contributed by atoms with E-state index < -0.39 is 0 Å². The van der Waals surface area contributed by atoms with Crippen molar-refractivity contribution in [3.05, 3.63) is 0 Å². The summed E-state index contributed by atoms with van der Waals surface area (Å²) in [5.41, 5.74) is 5.40. The lowest BCUT2D eigenvalue weighted by Crippen LogP contribution is -2.24. The molecule has 1 fully saturated rings. The summed E-state index contributed by atoms with van der Waals surface area (Å²) in [5, 5.41) is 0. The van der Waals surface area contributed by atoms with Crippen molar-refractivity contribution in [1.82, 2.24) is 4.31 Å². The predicted molar refractivity (Wildman–Crippen MR) is 46.9 cm³/mol. The summed E-state index contributed by atoms with van der Waals surface area (Å²) in [6, 6.07) is 0. The molecule has 0 amide bonds. The number of piperidine rings is 1. The van der Waals surface area contributed by atoms with Crippen molar-refractivity contribution in [2.75, 3.05) is 25.4 Å². The van der Waals surface area contributed by atoms with E-state index in [9.17, 15) is 0 Å². The molecule has 2 N–H and O–H groups in total. The summed E-state index contributed by atoms with van der Waals surface area (Å²) in [6.45, 7) is 3.34. The average molecular weight is 160 g/mol. The maximum absolute atomic E-state index is 5.40. The maximum Gasteiger partial charge on any atom is 0.0204 e. The lowest BCUT2D eigenvalue weighted by atomic mass is 10.2. The first-order chi connectivity index (χ1) is 4.93. The largest absolute Gasteiger partial charge is 0.330 e. The van der Waals surface area contributed by atoms with E-state index in [1.807, 2.05) is 11.9 Å². The van der Waals surface area contributed by atoms with Gasteiger partial charge in [0, 0.05) is 25.4 Å². The second kappa shape index (κ2) is 4.99. The fraction of sp³-hybridized carbons (Fsp3) is 1.00. The highest BCUT2D eigenvalue weighted by Crippen LogP contribution is 2.16. The maximum atomic E-state index is 5.40. The Balaban J connectivity index is 2.02. The highest BCUT2D eigenvalue weighted by molar-refractivity contribution is 7.97. The summed E-state index contributed by atoms with van der Waals surface area (Å²) >= 11 is 1.91. The molecule has 1 heterocycles. The predicted octanol–water partition coefficient (Wildman–Crippen LogP) is 1.08. The molecule has 0 aromatic carbocycles. The third-order valence-corrected chi connectivity index (χ3v) is 2.86. The van der Waals surface area contributed by atoms with Gasteiger partial charge in [0.15, 0.2) is 0 Å². The van der Waals surface area contributed by atoms with Crippen LogP contribution in [0.3, 0.4) is 0 Å². The van der Waals surface area contributed by atoms with Crippen LogP contribution >= 0.6 is 11.9 Å². The smallest absolute Gasteiger partial charge is 0.0204 e. The fourth-order valence-electron chi connectivity index (χ4n) is 1.18. The molecule has 0 bridgehead atoms. The van der Waals surface area contributed by atoms with E-state index in [2.05, 4.69) is 4.31 Å². The van der Waals surface area contributed by atoms with E-state index in [4.69, 9.17) is 5.73 Å². The zero-order valence-corrected chi connectivity index (χ0v) is 7.20. The van der Waals surface area contributed by atoms with Crippen LogP contribution in [0.4, 0.5) is 0 Å². The second-order valence-electron chi connectivity index (χ2n) is 2.61. The van der Waals surface area contributed by atoms with Crippen LogP contribution < -0.4 is 5.73 Å². The normalized spacial score (nSPS) is 21.3. The van der Waals surface area contributed by atoms with E-state index in [0.717, 1.165) is 12.3 Å². The van der Waals surface area contributed by atoms with Crippen LogP contribution in [-0.2, 0) is 0 Å². The Morgan fingerprint density at radius 2 is 1.90 bits per heavy atom. The van der Waals surface area contributed by atoms with Gasteiger partial charge in [-0.25, -0.2) is 0 Å². The van der Waals surface area contributed by atoms with Crippen molar-refractivity contribution in [3.8, 4) is 0 Å². The van der Waals surface area contributed by atoms with Crippen molar-refractivity contribution in [2.45, 2.75) is 19.3 Å². The zero-order valence-electron chi connectivity index (χ0n) is 6.38. The number of hydrogen-bond donors (Lipinski definition) is 1. The molecule has 0 atom stereocenters. The Bertz CT molecular complexity index is 81.7. The lowest BCUT2D eigenvalue weighted by Gasteiger charge is -2.24. The van der Waals surface area contributed by atoms with Crippen LogP contribution in [-0.4, -0.2) is 29.7 Å². The van der Waals surface area contributed by atoms with Crippen LogP contribution in [0.2, 0.25) is 0 Å². The molecule has 1 rings (SSSR count). The van der Waals surface area contributed by atoms with Gasteiger partial charge in [-0.1, -0.05) is 18.4 Å². The van der Waals surface area contributed by atoms with Gasteiger partial charge in [0.1, 0.15) is 0 Å². The molecule has 1 saturated heterocycles. The fourth-order valence-corrected chi connectivity index (χ4v) is 2.06.